The number of halogens is 2. The van der Waals surface area contributed by atoms with E-state index in [0.717, 1.165) is 35.9 Å². The number of hydrogen-bond donors (Lipinski definition) is 2. The molecule has 0 spiro atoms. The van der Waals surface area contributed by atoms with Gasteiger partial charge in [-0.25, -0.2) is 9.38 Å². The average molecular weight is 494 g/mol. The maximum absolute atomic E-state index is 13.5. The topological polar surface area (TPSA) is 39.7 Å². The zero-order valence-corrected chi connectivity index (χ0v) is 19.2. The van der Waals surface area contributed by atoms with Crippen LogP contribution in [0.1, 0.15) is 30.9 Å². The second-order valence-electron chi connectivity index (χ2n) is 6.67. The third-order valence-corrected chi connectivity index (χ3v) is 5.22. The van der Waals surface area contributed by atoms with Gasteiger partial charge in [-0.15, -0.1) is 24.0 Å². The lowest BCUT2D eigenvalue weighted by molar-refractivity contribution is 0.220. The van der Waals surface area contributed by atoms with Gasteiger partial charge in [0.1, 0.15) is 5.82 Å². The highest BCUT2D eigenvalue weighted by Crippen LogP contribution is 2.18. The molecule has 1 fully saturated rings. The van der Waals surface area contributed by atoms with Crippen LogP contribution in [0, 0.1) is 11.7 Å². The van der Waals surface area contributed by atoms with Gasteiger partial charge in [0.2, 0.25) is 0 Å². The molecule has 26 heavy (non-hydrogen) atoms. The van der Waals surface area contributed by atoms with Gasteiger partial charge in [-0.2, -0.15) is 11.8 Å². The number of aliphatic imine (C=N–C) groups is 1. The van der Waals surface area contributed by atoms with Crippen LogP contribution in [0.15, 0.2) is 23.2 Å². The summed E-state index contributed by atoms with van der Waals surface area (Å²) in [6.07, 6.45) is 4.50. The van der Waals surface area contributed by atoms with E-state index in [-0.39, 0.29) is 29.8 Å². The summed E-state index contributed by atoms with van der Waals surface area (Å²) in [5.74, 6) is 2.19. The smallest absolute Gasteiger partial charge is 0.191 e. The zero-order chi connectivity index (χ0) is 18.1. The second kappa shape index (κ2) is 12.8. The quantitative estimate of drug-likeness (QED) is 0.345. The van der Waals surface area contributed by atoms with Gasteiger partial charge in [0.05, 0.1) is 6.54 Å². The number of likely N-dealkylation sites (tertiary alicyclic amines) is 1. The minimum Gasteiger partial charge on any atom is -0.357 e. The Morgan fingerprint density at radius 1 is 1.27 bits per heavy atom. The van der Waals surface area contributed by atoms with Gasteiger partial charge in [-0.3, -0.25) is 0 Å². The van der Waals surface area contributed by atoms with Crippen LogP contribution in [0.2, 0.25) is 0 Å². The third kappa shape index (κ3) is 8.00. The van der Waals surface area contributed by atoms with Gasteiger partial charge in [-0.05, 0) is 75.3 Å². The lowest BCUT2D eigenvalue weighted by atomic mass is 9.97. The monoisotopic (exact) mass is 494 g/mol. The Bertz CT molecular complexity index is 562. The maximum Gasteiger partial charge on any atom is 0.191 e. The molecule has 1 aromatic carbocycles. The first-order valence-electron chi connectivity index (χ1n) is 9.09. The fraction of sp³-hybridized carbons (Fsp3) is 0.632. The summed E-state index contributed by atoms with van der Waals surface area (Å²) in [5, 5.41) is 6.79. The van der Waals surface area contributed by atoms with Gasteiger partial charge in [0.15, 0.2) is 5.96 Å². The fourth-order valence-electron chi connectivity index (χ4n) is 3.05. The van der Waals surface area contributed by atoms with Crippen LogP contribution in [0.4, 0.5) is 4.39 Å². The molecule has 0 unspecified atom stereocenters. The Kier molecular flexibility index (Phi) is 11.5. The summed E-state index contributed by atoms with van der Waals surface area (Å²) in [5.41, 5.74) is 2.12. The van der Waals surface area contributed by atoms with E-state index in [1.807, 2.05) is 12.3 Å². The SMILES string of the molecule is CCNC(=NCc1ccc(F)cc1CSC)NCC1CCN(C)CC1.I. The van der Waals surface area contributed by atoms with Crippen molar-refractivity contribution in [3.05, 3.63) is 35.1 Å². The van der Waals surface area contributed by atoms with Crippen molar-refractivity contribution < 1.29 is 4.39 Å². The zero-order valence-electron chi connectivity index (χ0n) is 16.1. The predicted molar refractivity (Wildman–Crippen MR) is 122 cm³/mol. The summed E-state index contributed by atoms with van der Waals surface area (Å²) in [6.45, 7) is 6.78. The van der Waals surface area contributed by atoms with Gasteiger partial charge < -0.3 is 15.5 Å². The maximum atomic E-state index is 13.5. The highest BCUT2D eigenvalue weighted by Gasteiger charge is 2.16. The molecule has 1 aliphatic rings. The van der Waals surface area contributed by atoms with Crippen LogP contribution in [0.25, 0.3) is 0 Å². The molecule has 1 aliphatic heterocycles. The molecule has 1 heterocycles. The van der Waals surface area contributed by atoms with E-state index in [2.05, 4.69) is 29.5 Å². The van der Waals surface area contributed by atoms with Gasteiger partial charge in [-0.1, -0.05) is 6.07 Å². The summed E-state index contributed by atoms with van der Waals surface area (Å²) >= 11 is 1.70. The van der Waals surface area contributed by atoms with Gasteiger partial charge >= 0.3 is 0 Å². The van der Waals surface area contributed by atoms with E-state index >= 15 is 0 Å². The Labute approximate surface area is 178 Å². The molecule has 0 atom stereocenters. The predicted octanol–water partition coefficient (Wildman–Crippen LogP) is 3.70. The Hall–Kier alpha value is -0.540. The van der Waals surface area contributed by atoms with E-state index in [0.29, 0.717) is 12.5 Å². The third-order valence-electron chi connectivity index (χ3n) is 4.62. The molecule has 0 aromatic heterocycles. The van der Waals surface area contributed by atoms with Crippen LogP contribution in [0.3, 0.4) is 0 Å². The first-order chi connectivity index (χ1) is 12.1. The van der Waals surface area contributed by atoms with Crippen molar-refractivity contribution >= 4 is 41.7 Å². The summed E-state index contributed by atoms with van der Waals surface area (Å²) in [6, 6.07) is 5.00. The molecule has 0 amide bonds. The minimum absolute atomic E-state index is 0. The number of nitrogens with zero attached hydrogens (tertiary/aromatic N) is 2. The van der Waals surface area contributed by atoms with Crippen LogP contribution < -0.4 is 10.6 Å². The first-order valence-corrected chi connectivity index (χ1v) is 10.5. The lowest BCUT2D eigenvalue weighted by Crippen LogP contribution is -2.42. The summed E-state index contributed by atoms with van der Waals surface area (Å²) in [4.78, 5) is 7.09. The molecular formula is C19H32FIN4S. The minimum atomic E-state index is -0.177. The van der Waals surface area contributed by atoms with Crippen molar-refractivity contribution in [2.45, 2.75) is 32.1 Å². The van der Waals surface area contributed by atoms with Crippen molar-refractivity contribution in [1.82, 2.24) is 15.5 Å². The van der Waals surface area contributed by atoms with Crippen LogP contribution in [0.5, 0.6) is 0 Å². The number of nitrogens with one attached hydrogen (secondary N) is 2. The summed E-state index contributed by atoms with van der Waals surface area (Å²) in [7, 11) is 2.18. The number of rotatable bonds is 7. The molecular weight excluding hydrogens is 462 g/mol. The van der Waals surface area contributed by atoms with Crippen LogP contribution >= 0.6 is 35.7 Å². The molecule has 7 heteroatoms. The lowest BCUT2D eigenvalue weighted by Gasteiger charge is -2.29. The standard InChI is InChI=1S/C19H31FN4S.HI/c1-4-21-19(22-12-15-7-9-24(2)10-8-15)23-13-16-5-6-18(20)11-17(16)14-25-3;/h5-6,11,15H,4,7-10,12-14H2,1-3H3,(H2,21,22,23);1H. The van der Waals surface area contributed by atoms with Crippen molar-refractivity contribution in [1.29, 1.82) is 0 Å². The number of piperidine rings is 1. The number of guanidine groups is 1. The van der Waals surface area contributed by atoms with E-state index in [9.17, 15) is 4.39 Å². The normalized spacial score (nSPS) is 16.2. The number of thioether (sulfide) groups is 1. The summed E-state index contributed by atoms with van der Waals surface area (Å²) < 4.78 is 13.5. The van der Waals surface area contributed by atoms with Gasteiger partial charge in [0.25, 0.3) is 0 Å². The molecule has 0 bridgehead atoms. The number of hydrogen-bond acceptors (Lipinski definition) is 3. The molecule has 0 radical (unpaired) electrons. The molecule has 2 rings (SSSR count). The fourth-order valence-corrected chi connectivity index (χ4v) is 3.63. The van der Waals surface area contributed by atoms with Crippen molar-refractivity contribution in [3.63, 3.8) is 0 Å². The molecule has 2 N–H and O–H groups in total. The second-order valence-corrected chi connectivity index (χ2v) is 7.53. The van der Waals surface area contributed by atoms with Crippen molar-refractivity contribution in [3.8, 4) is 0 Å². The molecule has 1 aromatic rings. The average Bonchev–Trinajstić information content (AvgIpc) is 2.60. The van der Waals surface area contributed by atoms with Crippen LogP contribution in [-0.4, -0.2) is 50.3 Å². The van der Waals surface area contributed by atoms with E-state index in [1.165, 1.54) is 32.0 Å². The molecule has 148 valence electrons. The molecule has 0 aliphatic carbocycles. The Balaban J connectivity index is 0.00000338. The first kappa shape index (κ1) is 23.5. The van der Waals surface area contributed by atoms with Crippen molar-refractivity contribution in [2.24, 2.45) is 10.9 Å². The van der Waals surface area contributed by atoms with Gasteiger partial charge in [0, 0.05) is 18.8 Å². The van der Waals surface area contributed by atoms with Crippen LogP contribution in [-0.2, 0) is 12.3 Å². The molecule has 1 saturated heterocycles. The van der Waals surface area contributed by atoms with E-state index in [1.54, 1.807) is 17.8 Å². The molecule has 4 nitrogen and oxygen atoms in total. The highest BCUT2D eigenvalue weighted by molar-refractivity contribution is 14.0. The Morgan fingerprint density at radius 2 is 2.00 bits per heavy atom. The van der Waals surface area contributed by atoms with E-state index < -0.39 is 0 Å². The highest BCUT2D eigenvalue weighted by atomic mass is 127. The number of benzene rings is 1. The van der Waals surface area contributed by atoms with E-state index in [4.69, 9.17) is 4.99 Å². The largest absolute Gasteiger partial charge is 0.357 e. The molecule has 0 saturated carbocycles. The Morgan fingerprint density at radius 3 is 2.65 bits per heavy atom. The van der Waals surface area contributed by atoms with Crippen molar-refractivity contribution in [2.75, 3.05) is 39.5 Å².